The molecule has 1 saturated heterocycles. The summed E-state index contributed by atoms with van der Waals surface area (Å²) in [7, 11) is 0. The van der Waals surface area contributed by atoms with Gasteiger partial charge in [-0.05, 0) is 0 Å². The summed E-state index contributed by atoms with van der Waals surface area (Å²) in [4.78, 5) is 36.3. The molecule has 0 radical (unpaired) electrons. The van der Waals surface area contributed by atoms with Gasteiger partial charge in [-0.25, -0.2) is 0 Å². The first kappa shape index (κ1) is 23.3. The van der Waals surface area contributed by atoms with Crippen LogP contribution in [-0.2, 0) is 33.3 Å². The molecule has 1 rings (SSSR count). The number of carbonyl (C=O) groups is 3. The van der Waals surface area contributed by atoms with Gasteiger partial charge in [0.15, 0.2) is 24.6 Å². The first-order valence-electron chi connectivity index (χ1n) is 9.05. The summed E-state index contributed by atoms with van der Waals surface area (Å²) < 4.78 is 21.3. The molecule has 0 bridgehead atoms. The largest absolute Gasteiger partial charge is 0.455 e. The van der Waals surface area contributed by atoms with Gasteiger partial charge in [0.2, 0.25) is 0 Å². The van der Waals surface area contributed by atoms with Crippen molar-refractivity contribution in [3.63, 3.8) is 0 Å². The van der Waals surface area contributed by atoms with E-state index in [2.05, 4.69) is 0 Å². The average molecular weight is 390 g/mol. The van der Waals surface area contributed by atoms with Gasteiger partial charge in [0.1, 0.15) is 6.10 Å². The Morgan fingerprint density at radius 2 is 1.15 bits per heavy atom. The van der Waals surface area contributed by atoms with E-state index in [1.807, 2.05) is 0 Å². The minimum Gasteiger partial charge on any atom is -0.455 e. The predicted octanol–water partition coefficient (Wildman–Crippen LogP) is 0.399. The lowest BCUT2D eigenvalue weighted by Crippen LogP contribution is -2.62. The molecule has 0 aliphatic carbocycles. The van der Waals surface area contributed by atoms with E-state index in [0.29, 0.717) is 0 Å². The van der Waals surface area contributed by atoms with Crippen molar-refractivity contribution in [2.45, 2.75) is 72.2 Å². The number of ether oxygens (including phenoxy) is 4. The SMILES string of the molecule is CC(C)C(=O)O[C@@H]1[C@@H](OC(=O)C(C)C)[C@@H](O)O[C@H](CO)[C@H]1OC(=O)C(C)C. The molecule has 156 valence electrons. The summed E-state index contributed by atoms with van der Waals surface area (Å²) in [5.41, 5.74) is 0. The highest BCUT2D eigenvalue weighted by atomic mass is 16.7. The van der Waals surface area contributed by atoms with Crippen molar-refractivity contribution in [3.8, 4) is 0 Å². The summed E-state index contributed by atoms with van der Waals surface area (Å²) >= 11 is 0. The fourth-order valence-corrected chi connectivity index (χ4v) is 2.25. The molecule has 0 aromatic rings. The van der Waals surface area contributed by atoms with Crippen molar-refractivity contribution < 1.29 is 43.5 Å². The van der Waals surface area contributed by atoms with E-state index >= 15 is 0 Å². The molecule has 1 heterocycles. The normalized spacial score (nSPS) is 28.3. The van der Waals surface area contributed by atoms with E-state index in [4.69, 9.17) is 18.9 Å². The van der Waals surface area contributed by atoms with Crippen LogP contribution in [0, 0.1) is 17.8 Å². The molecule has 0 spiro atoms. The number of aliphatic hydroxyl groups excluding tert-OH is 2. The molecule has 1 aliphatic rings. The van der Waals surface area contributed by atoms with E-state index in [1.165, 1.54) is 0 Å². The molecule has 0 saturated carbocycles. The van der Waals surface area contributed by atoms with E-state index in [9.17, 15) is 24.6 Å². The van der Waals surface area contributed by atoms with Gasteiger partial charge in [-0.15, -0.1) is 0 Å². The molecule has 9 heteroatoms. The van der Waals surface area contributed by atoms with Crippen molar-refractivity contribution >= 4 is 17.9 Å². The van der Waals surface area contributed by atoms with Gasteiger partial charge in [0.25, 0.3) is 0 Å². The number of rotatable bonds is 7. The predicted molar refractivity (Wildman–Crippen MR) is 92.1 cm³/mol. The Kier molecular flexibility index (Phi) is 8.64. The van der Waals surface area contributed by atoms with Crippen LogP contribution in [0.2, 0.25) is 0 Å². The van der Waals surface area contributed by atoms with Crippen LogP contribution in [0.25, 0.3) is 0 Å². The molecule has 0 unspecified atom stereocenters. The summed E-state index contributed by atoms with van der Waals surface area (Å²) in [5, 5.41) is 19.8. The fraction of sp³-hybridized carbons (Fsp3) is 0.833. The number of hydrogen-bond acceptors (Lipinski definition) is 9. The molecule has 0 aromatic carbocycles. The smallest absolute Gasteiger partial charge is 0.308 e. The van der Waals surface area contributed by atoms with Gasteiger partial charge in [-0.3, -0.25) is 14.4 Å². The minimum absolute atomic E-state index is 0.491. The lowest BCUT2D eigenvalue weighted by molar-refractivity contribution is -0.297. The van der Waals surface area contributed by atoms with E-state index in [-0.39, 0.29) is 0 Å². The maximum atomic E-state index is 12.2. The Hall–Kier alpha value is -1.71. The third kappa shape index (κ3) is 6.15. The summed E-state index contributed by atoms with van der Waals surface area (Å²) in [6, 6.07) is 0. The first-order chi connectivity index (χ1) is 12.5. The average Bonchev–Trinajstić information content (AvgIpc) is 2.58. The Morgan fingerprint density at radius 3 is 1.52 bits per heavy atom. The van der Waals surface area contributed by atoms with Gasteiger partial charge in [0.05, 0.1) is 24.4 Å². The molecule has 1 fully saturated rings. The fourth-order valence-electron chi connectivity index (χ4n) is 2.25. The lowest BCUT2D eigenvalue weighted by atomic mass is 9.97. The summed E-state index contributed by atoms with van der Waals surface area (Å²) in [6.07, 6.45) is -6.80. The zero-order valence-electron chi connectivity index (χ0n) is 16.6. The van der Waals surface area contributed by atoms with Crippen LogP contribution in [0.1, 0.15) is 41.5 Å². The second-order valence-corrected chi connectivity index (χ2v) is 7.42. The number of esters is 3. The lowest BCUT2D eigenvalue weighted by Gasteiger charge is -2.43. The van der Waals surface area contributed by atoms with Crippen molar-refractivity contribution in [1.82, 2.24) is 0 Å². The third-order valence-corrected chi connectivity index (χ3v) is 3.96. The van der Waals surface area contributed by atoms with E-state index in [0.717, 1.165) is 0 Å². The molecule has 9 nitrogen and oxygen atoms in total. The van der Waals surface area contributed by atoms with Gasteiger partial charge in [0, 0.05) is 0 Å². The van der Waals surface area contributed by atoms with Crippen molar-refractivity contribution in [1.29, 1.82) is 0 Å². The van der Waals surface area contributed by atoms with Crippen LogP contribution in [0.3, 0.4) is 0 Å². The standard InChI is InChI=1S/C18H30O9/c1-8(2)15(20)25-12-11(7-19)24-18(23)14(27-17(22)10(5)6)13(12)26-16(21)9(3)4/h8-14,18-19,23H,7H2,1-6H3/t11-,12-,13+,14-,18+/m1/s1. The minimum atomic E-state index is -1.66. The van der Waals surface area contributed by atoms with Crippen LogP contribution in [0.5, 0.6) is 0 Å². The third-order valence-electron chi connectivity index (χ3n) is 3.96. The van der Waals surface area contributed by atoms with Crippen molar-refractivity contribution in [2.24, 2.45) is 17.8 Å². The highest BCUT2D eigenvalue weighted by Crippen LogP contribution is 2.29. The monoisotopic (exact) mass is 390 g/mol. The molecule has 0 aromatic heterocycles. The van der Waals surface area contributed by atoms with Gasteiger partial charge in [-0.2, -0.15) is 0 Å². The quantitative estimate of drug-likeness (QED) is 0.469. The zero-order chi connectivity index (χ0) is 20.9. The maximum absolute atomic E-state index is 12.2. The Labute approximate surface area is 158 Å². The second kappa shape index (κ2) is 10.0. The topological polar surface area (TPSA) is 129 Å². The van der Waals surface area contributed by atoms with Crippen LogP contribution < -0.4 is 0 Å². The zero-order valence-corrected chi connectivity index (χ0v) is 16.6. The number of aliphatic hydroxyl groups is 2. The molecule has 0 amide bonds. The van der Waals surface area contributed by atoms with Crippen molar-refractivity contribution in [3.05, 3.63) is 0 Å². The molecule has 2 N–H and O–H groups in total. The first-order valence-corrected chi connectivity index (χ1v) is 9.05. The van der Waals surface area contributed by atoms with Crippen LogP contribution in [0.15, 0.2) is 0 Å². The maximum Gasteiger partial charge on any atom is 0.308 e. The Balaban J connectivity index is 3.22. The number of hydrogen-bond donors (Lipinski definition) is 2. The van der Waals surface area contributed by atoms with Gasteiger partial charge < -0.3 is 29.2 Å². The van der Waals surface area contributed by atoms with Gasteiger partial charge >= 0.3 is 17.9 Å². The summed E-state index contributed by atoms with van der Waals surface area (Å²) in [6.45, 7) is 9.02. The van der Waals surface area contributed by atoms with E-state index < -0.39 is 73.0 Å². The van der Waals surface area contributed by atoms with Crippen LogP contribution in [0.4, 0.5) is 0 Å². The van der Waals surface area contributed by atoms with Crippen LogP contribution >= 0.6 is 0 Å². The highest BCUT2D eigenvalue weighted by Gasteiger charge is 2.52. The summed E-state index contributed by atoms with van der Waals surface area (Å²) in [5.74, 6) is -3.41. The molecular weight excluding hydrogens is 360 g/mol. The van der Waals surface area contributed by atoms with Crippen molar-refractivity contribution in [2.75, 3.05) is 6.61 Å². The molecule has 1 aliphatic heterocycles. The second-order valence-electron chi connectivity index (χ2n) is 7.42. The highest BCUT2D eigenvalue weighted by molar-refractivity contribution is 5.73. The Morgan fingerprint density at radius 1 is 0.778 bits per heavy atom. The van der Waals surface area contributed by atoms with Crippen LogP contribution in [-0.4, -0.2) is 65.4 Å². The Bertz CT molecular complexity index is 529. The van der Waals surface area contributed by atoms with Gasteiger partial charge in [-0.1, -0.05) is 41.5 Å². The molecular formula is C18H30O9. The number of carbonyl (C=O) groups excluding carboxylic acids is 3. The van der Waals surface area contributed by atoms with E-state index in [1.54, 1.807) is 41.5 Å². The molecule has 27 heavy (non-hydrogen) atoms. The molecule has 5 atom stereocenters.